The number of alkyl halides is 3. The minimum atomic E-state index is -4.40. The van der Waals surface area contributed by atoms with Crippen LogP contribution in [0.5, 0.6) is 0 Å². The van der Waals surface area contributed by atoms with Crippen LogP contribution in [0.2, 0.25) is 0 Å². The summed E-state index contributed by atoms with van der Waals surface area (Å²) in [6.45, 7) is 0. The molecular weight excluding hydrogens is 195 g/mol. The monoisotopic (exact) mass is 197 g/mol. The third-order valence-electron chi connectivity index (χ3n) is 0.475. The van der Waals surface area contributed by atoms with Crippen LogP contribution in [0.4, 0.5) is 13.2 Å². The SMILES string of the molecule is O=S(=O)(Cl)NC(F)C(F)F. The first kappa shape index (κ1) is 9.99. The predicted octanol–water partition coefficient (Wildman–Crippen LogP) is 0.620. The summed E-state index contributed by atoms with van der Waals surface area (Å²) in [7, 11) is -0.0413. The molecule has 0 bridgehead atoms. The summed E-state index contributed by atoms with van der Waals surface area (Å²) >= 11 is 0. The van der Waals surface area contributed by atoms with E-state index in [-0.39, 0.29) is 0 Å². The van der Waals surface area contributed by atoms with Crippen LogP contribution in [0.25, 0.3) is 0 Å². The normalized spacial score (nSPS) is 15.7. The third-order valence-corrected chi connectivity index (χ3v) is 1.25. The van der Waals surface area contributed by atoms with Crippen LogP contribution < -0.4 is 4.72 Å². The number of nitrogens with one attached hydrogen (secondary N) is 1. The van der Waals surface area contributed by atoms with E-state index in [2.05, 4.69) is 10.7 Å². The molecule has 0 radical (unpaired) electrons. The molecule has 0 aliphatic heterocycles. The Morgan fingerprint density at radius 2 is 1.70 bits per heavy atom. The Balaban J connectivity index is 3.93. The Bertz CT molecular complexity index is 193. The van der Waals surface area contributed by atoms with Crippen molar-refractivity contribution in [2.45, 2.75) is 12.7 Å². The fraction of sp³-hybridized carbons (Fsp3) is 1.00. The lowest BCUT2D eigenvalue weighted by Crippen LogP contribution is -2.33. The summed E-state index contributed by atoms with van der Waals surface area (Å²) in [6.07, 6.45) is -6.35. The highest BCUT2D eigenvalue weighted by atomic mass is 35.7. The smallest absolute Gasteiger partial charge is 0.223 e. The molecule has 0 aromatic rings. The summed E-state index contributed by atoms with van der Waals surface area (Å²) in [5, 5.41) is 0. The van der Waals surface area contributed by atoms with Gasteiger partial charge in [-0.1, -0.05) is 0 Å². The Hall–Kier alpha value is -0.0100. The number of rotatable bonds is 3. The van der Waals surface area contributed by atoms with Crippen molar-refractivity contribution in [1.29, 1.82) is 0 Å². The lowest BCUT2D eigenvalue weighted by molar-refractivity contribution is 0.0444. The zero-order valence-corrected chi connectivity index (χ0v) is 5.96. The van der Waals surface area contributed by atoms with Gasteiger partial charge in [0.25, 0.3) is 15.7 Å². The van der Waals surface area contributed by atoms with Gasteiger partial charge in [0.2, 0.25) is 6.30 Å². The first-order valence-electron chi connectivity index (χ1n) is 1.97. The number of halogens is 4. The summed E-state index contributed by atoms with van der Waals surface area (Å²) < 4.78 is 54.6. The summed E-state index contributed by atoms with van der Waals surface area (Å²) in [5.41, 5.74) is 0. The average Bonchev–Trinajstić information content (AvgIpc) is 1.60. The molecule has 0 aliphatic rings. The second-order valence-corrected chi connectivity index (χ2v) is 3.62. The van der Waals surface area contributed by atoms with Gasteiger partial charge in [-0.05, 0) is 0 Å². The van der Waals surface area contributed by atoms with Crippen molar-refractivity contribution < 1.29 is 21.6 Å². The van der Waals surface area contributed by atoms with Gasteiger partial charge in [-0.25, -0.2) is 13.2 Å². The van der Waals surface area contributed by atoms with Gasteiger partial charge in [0.1, 0.15) is 0 Å². The van der Waals surface area contributed by atoms with Crippen LogP contribution in [0.1, 0.15) is 0 Å². The van der Waals surface area contributed by atoms with Gasteiger partial charge in [0.15, 0.2) is 0 Å². The largest absolute Gasteiger partial charge is 0.299 e. The molecule has 0 heterocycles. The lowest BCUT2D eigenvalue weighted by Gasteiger charge is -2.04. The Morgan fingerprint density at radius 1 is 1.30 bits per heavy atom. The van der Waals surface area contributed by atoms with E-state index < -0.39 is 22.0 Å². The molecule has 3 nitrogen and oxygen atoms in total. The van der Waals surface area contributed by atoms with Crippen LogP contribution >= 0.6 is 10.7 Å². The van der Waals surface area contributed by atoms with E-state index in [9.17, 15) is 21.6 Å². The molecular formula is C2H3ClF3NO2S. The molecule has 10 heavy (non-hydrogen) atoms. The molecule has 0 aromatic carbocycles. The first-order chi connectivity index (χ1) is 4.33. The fourth-order valence-electron chi connectivity index (χ4n) is 0.186. The molecule has 62 valence electrons. The Labute approximate surface area is 59.7 Å². The quantitative estimate of drug-likeness (QED) is 0.533. The molecule has 1 atom stereocenters. The molecule has 0 fully saturated rings. The molecule has 0 saturated heterocycles. The van der Waals surface area contributed by atoms with Crippen molar-refractivity contribution in [3.05, 3.63) is 0 Å². The third kappa shape index (κ3) is 4.83. The topological polar surface area (TPSA) is 46.2 Å². The second kappa shape index (κ2) is 3.40. The van der Waals surface area contributed by atoms with Gasteiger partial charge in [-0.2, -0.15) is 13.1 Å². The zero-order chi connectivity index (χ0) is 8.36. The summed E-state index contributed by atoms with van der Waals surface area (Å²) in [4.78, 5) is 0. The maximum atomic E-state index is 11.7. The number of hydrogen-bond donors (Lipinski definition) is 1. The molecule has 0 aliphatic carbocycles. The van der Waals surface area contributed by atoms with Crippen molar-refractivity contribution in [3.63, 3.8) is 0 Å². The van der Waals surface area contributed by atoms with E-state index >= 15 is 0 Å². The van der Waals surface area contributed by atoms with Crippen LogP contribution in [-0.2, 0) is 9.24 Å². The van der Waals surface area contributed by atoms with E-state index in [0.29, 0.717) is 0 Å². The minimum Gasteiger partial charge on any atom is -0.223 e. The fourth-order valence-corrected chi connectivity index (χ4v) is 0.813. The molecule has 1 unspecified atom stereocenters. The average molecular weight is 198 g/mol. The minimum absolute atomic E-state index is 0.840. The van der Waals surface area contributed by atoms with Gasteiger partial charge in [-0.15, -0.1) is 0 Å². The Morgan fingerprint density at radius 3 is 1.80 bits per heavy atom. The second-order valence-electron chi connectivity index (χ2n) is 1.29. The van der Waals surface area contributed by atoms with Crippen molar-refractivity contribution in [3.8, 4) is 0 Å². The molecule has 0 amide bonds. The standard InChI is InChI=1S/C2H3ClF3NO2S/c3-10(8,9)7-2(6)1(4)5/h1-2,7H. The van der Waals surface area contributed by atoms with Crippen molar-refractivity contribution in [2.75, 3.05) is 0 Å². The van der Waals surface area contributed by atoms with Crippen LogP contribution in [0.3, 0.4) is 0 Å². The van der Waals surface area contributed by atoms with Gasteiger partial charge >= 0.3 is 0 Å². The Kier molecular flexibility index (Phi) is 3.40. The van der Waals surface area contributed by atoms with Gasteiger partial charge < -0.3 is 0 Å². The van der Waals surface area contributed by atoms with E-state index in [4.69, 9.17) is 0 Å². The highest BCUT2D eigenvalue weighted by molar-refractivity contribution is 8.12. The molecule has 0 rings (SSSR count). The molecule has 0 saturated carbocycles. The molecule has 1 N–H and O–H groups in total. The van der Waals surface area contributed by atoms with Gasteiger partial charge in [0, 0.05) is 10.7 Å². The summed E-state index contributed by atoms with van der Waals surface area (Å²) in [6, 6.07) is 0. The van der Waals surface area contributed by atoms with Crippen LogP contribution in [-0.4, -0.2) is 21.1 Å². The van der Waals surface area contributed by atoms with Crippen molar-refractivity contribution >= 4 is 19.9 Å². The van der Waals surface area contributed by atoms with Crippen molar-refractivity contribution in [2.24, 2.45) is 0 Å². The van der Waals surface area contributed by atoms with Gasteiger partial charge in [0.05, 0.1) is 0 Å². The zero-order valence-electron chi connectivity index (χ0n) is 4.39. The molecule has 0 spiro atoms. The number of hydrogen-bond acceptors (Lipinski definition) is 2. The van der Waals surface area contributed by atoms with E-state index in [1.807, 2.05) is 0 Å². The maximum Gasteiger partial charge on any atom is 0.299 e. The first-order valence-corrected chi connectivity index (χ1v) is 4.28. The summed E-state index contributed by atoms with van der Waals surface area (Å²) in [5.74, 6) is 0. The van der Waals surface area contributed by atoms with E-state index in [0.717, 1.165) is 4.72 Å². The van der Waals surface area contributed by atoms with E-state index in [1.165, 1.54) is 0 Å². The van der Waals surface area contributed by atoms with Crippen molar-refractivity contribution in [1.82, 2.24) is 4.72 Å². The maximum absolute atomic E-state index is 11.7. The molecule has 8 heteroatoms. The lowest BCUT2D eigenvalue weighted by atomic mass is 10.7. The highest BCUT2D eigenvalue weighted by Gasteiger charge is 2.23. The van der Waals surface area contributed by atoms with Crippen LogP contribution in [0, 0.1) is 0 Å². The van der Waals surface area contributed by atoms with E-state index in [1.54, 1.807) is 0 Å². The van der Waals surface area contributed by atoms with Gasteiger partial charge in [-0.3, -0.25) is 0 Å². The predicted molar refractivity (Wildman–Crippen MR) is 28.8 cm³/mol. The highest BCUT2D eigenvalue weighted by Crippen LogP contribution is 2.04. The van der Waals surface area contributed by atoms with Crippen LogP contribution in [0.15, 0.2) is 0 Å². The molecule has 0 aromatic heterocycles.